The van der Waals surface area contributed by atoms with E-state index in [4.69, 9.17) is 0 Å². The molecule has 0 aliphatic carbocycles. The smallest absolute Gasteiger partial charge is 0.292 e. The molecule has 0 aromatic heterocycles. The Morgan fingerprint density at radius 1 is 1.48 bits per heavy atom. The van der Waals surface area contributed by atoms with Crippen LogP contribution in [0.5, 0.6) is 0 Å². The first-order valence-corrected chi connectivity index (χ1v) is 6.57. The van der Waals surface area contributed by atoms with E-state index >= 15 is 0 Å². The first-order chi connectivity index (χ1) is 10.0. The standard InChI is InChI=1S/C13H16N4O4/c1-14-10-7-8(4-5-11(10)17(20)21)12(18)16-9-3-2-6-15-13(9)19/h4-5,7,9,14H,2-3,6H2,1H3,(H,15,19)(H,16,18). The molecule has 2 amide bonds. The largest absolute Gasteiger partial charge is 0.383 e. The van der Waals surface area contributed by atoms with Gasteiger partial charge in [0.25, 0.3) is 11.6 Å². The Bertz CT molecular complexity index is 588. The maximum atomic E-state index is 12.1. The lowest BCUT2D eigenvalue weighted by Crippen LogP contribution is -2.50. The summed E-state index contributed by atoms with van der Waals surface area (Å²) in [4.78, 5) is 34.0. The van der Waals surface area contributed by atoms with Crippen molar-refractivity contribution in [3.8, 4) is 0 Å². The third-order valence-corrected chi connectivity index (χ3v) is 3.32. The number of nitrogens with zero attached hydrogens (tertiary/aromatic N) is 1. The van der Waals surface area contributed by atoms with Gasteiger partial charge in [-0.15, -0.1) is 0 Å². The van der Waals surface area contributed by atoms with Gasteiger partial charge in [-0.25, -0.2) is 0 Å². The van der Waals surface area contributed by atoms with Crippen molar-refractivity contribution in [2.45, 2.75) is 18.9 Å². The molecule has 1 heterocycles. The molecule has 1 aromatic carbocycles. The summed E-state index contributed by atoms with van der Waals surface area (Å²) in [6, 6.07) is 3.48. The second-order valence-electron chi connectivity index (χ2n) is 4.70. The Kier molecular flexibility index (Phi) is 4.36. The van der Waals surface area contributed by atoms with E-state index in [0.29, 0.717) is 13.0 Å². The van der Waals surface area contributed by atoms with Gasteiger partial charge >= 0.3 is 0 Å². The van der Waals surface area contributed by atoms with Crippen LogP contribution in [0.1, 0.15) is 23.2 Å². The predicted molar refractivity (Wildman–Crippen MR) is 76.1 cm³/mol. The summed E-state index contributed by atoms with van der Waals surface area (Å²) in [5.41, 5.74) is 0.411. The van der Waals surface area contributed by atoms with Crippen LogP contribution < -0.4 is 16.0 Å². The fourth-order valence-electron chi connectivity index (χ4n) is 2.19. The van der Waals surface area contributed by atoms with E-state index in [-0.39, 0.29) is 22.8 Å². The quantitative estimate of drug-likeness (QED) is 0.557. The number of rotatable bonds is 4. The normalized spacial score (nSPS) is 17.8. The number of carbonyl (C=O) groups excluding carboxylic acids is 2. The molecule has 0 bridgehead atoms. The Morgan fingerprint density at radius 2 is 2.24 bits per heavy atom. The molecule has 1 aliphatic rings. The molecule has 1 unspecified atom stereocenters. The van der Waals surface area contributed by atoms with Gasteiger partial charge in [0.2, 0.25) is 5.91 Å². The Hall–Kier alpha value is -2.64. The Labute approximate surface area is 121 Å². The number of carbonyl (C=O) groups is 2. The SMILES string of the molecule is CNc1cc(C(=O)NC2CCCNC2=O)ccc1[N+](=O)[O-]. The molecule has 0 saturated carbocycles. The van der Waals surface area contributed by atoms with Crippen LogP contribution in [0.4, 0.5) is 11.4 Å². The van der Waals surface area contributed by atoms with Crippen molar-refractivity contribution in [1.29, 1.82) is 0 Å². The molecule has 2 rings (SSSR count). The van der Waals surface area contributed by atoms with Crippen LogP contribution in [0.2, 0.25) is 0 Å². The van der Waals surface area contributed by atoms with E-state index in [0.717, 1.165) is 6.42 Å². The highest BCUT2D eigenvalue weighted by Crippen LogP contribution is 2.25. The average Bonchev–Trinajstić information content (AvgIpc) is 2.48. The summed E-state index contributed by atoms with van der Waals surface area (Å²) in [5.74, 6) is -0.631. The number of anilines is 1. The molecule has 21 heavy (non-hydrogen) atoms. The number of nitro benzene ring substituents is 1. The molecule has 0 spiro atoms. The summed E-state index contributed by atoms with van der Waals surface area (Å²) in [6.45, 7) is 0.618. The van der Waals surface area contributed by atoms with Gasteiger partial charge in [-0.05, 0) is 25.0 Å². The van der Waals surface area contributed by atoms with Crippen molar-refractivity contribution < 1.29 is 14.5 Å². The second-order valence-corrected chi connectivity index (χ2v) is 4.70. The number of piperidine rings is 1. The van der Waals surface area contributed by atoms with Crippen LogP contribution in [0.15, 0.2) is 18.2 Å². The van der Waals surface area contributed by atoms with Crippen molar-refractivity contribution in [2.24, 2.45) is 0 Å². The molecule has 1 atom stereocenters. The fraction of sp³-hybridized carbons (Fsp3) is 0.385. The van der Waals surface area contributed by atoms with Crippen LogP contribution in [-0.2, 0) is 4.79 Å². The summed E-state index contributed by atoms with van der Waals surface area (Å²) in [5, 5.41) is 18.8. The van der Waals surface area contributed by atoms with Gasteiger partial charge in [-0.1, -0.05) is 0 Å². The number of amides is 2. The minimum atomic E-state index is -0.556. The van der Waals surface area contributed by atoms with E-state index in [1.165, 1.54) is 18.2 Å². The first kappa shape index (κ1) is 14.8. The zero-order chi connectivity index (χ0) is 15.4. The van der Waals surface area contributed by atoms with E-state index < -0.39 is 16.9 Å². The van der Waals surface area contributed by atoms with E-state index in [2.05, 4.69) is 16.0 Å². The highest BCUT2D eigenvalue weighted by Gasteiger charge is 2.24. The lowest BCUT2D eigenvalue weighted by molar-refractivity contribution is -0.383. The molecule has 3 N–H and O–H groups in total. The molecule has 0 radical (unpaired) electrons. The van der Waals surface area contributed by atoms with Gasteiger partial charge < -0.3 is 16.0 Å². The topological polar surface area (TPSA) is 113 Å². The Morgan fingerprint density at radius 3 is 2.86 bits per heavy atom. The molecule has 112 valence electrons. The fourth-order valence-corrected chi connectivity index (χ4v) is 2.19. The van der Waals surface area contributed by atoms with Crippen LogP contribution in [0.25, 0.3) is 0 Å². The predicted octanol–water partition coefficient (Wildman–Crippen LogP) is 0.645. The molecule has 1 aromatic rings. The maximum absolute atomic E-state index is 12.1. The monoisotopic (exact) mass is 292 g/mol. The summed E-state index contributed by atoms with van der Waals surface area (Å²) in [6.07, 6.45) is 1.39. The maximum Gasteiger partial charge on any atom is 0.292 e. The second kappa shape index (κ2) is 6.21. The van der Waals surface area contributed by atoms with E-state index in [9.17, 15) is 19.7 Å². The molecule has 1 saturated heterocycles. The summed E-state index contributed by atoms with van der Waals surface area (Å²) in [7, 11) is 1.54. The molecule has 1 aliphatic heterocycles. The molecular formula is C13H16N4O4. The van der Waals surface area contributed by atoms with E-state index in [1.54, 1.807) is 7.05 Å². The molecule has 1 fully saturated rings. The average molecular weight is 292 g/mol. The molecular weight excluding hydrogens is 276 g/mol. The number of benzene rings is 1. The minimum absolute atomic E-state index is 0.107. The highest BCUT2D eigenvalue weighted by atomic mass is 16.6. The zero-order valence-corrected chi connectivity index (χ0v) is 11.5. The zero-order valence-electron chi connectivity index (χ0n) is 11.5. The van der Waals surface area contributed by atoms with Crippen molar-refractivity contribution in [3.63, 3.8) is 0 Å². The minimum Gasteiger partial charge on any atom is -0.383 e. The van der Waals surface area contributed by atoms with Gasteiger partial charge in [-0.2, -0.15) is 0 Å². The van der Waals surface area contributed by atoms with Crippen molar-refractivity contribution in [3.05, 3.63) is 33.9 Å². The lowest BCUT2D eigenvalue weighted by atomic mass is 10.1. The van der Waals surface area contributed by atoms with Gasteiger partial charge in [0.1, 0.15) is 11.7 Å². The van der Waals surface area contributed by atoms with Gasteiger partial charge in [0.15, 0.2) is 0 Å². The lowest BCUT2D eigenvalue weighted by Gasteiger charge is -2.22. The number of nitro groups is 1. The number of hydrogen-bond acceptors (Lipinski definition) is 5. The van der Waals surface area contributed by atoms with Crippen molar-refractivity contribution in [1.82, 2.24) is 10.6 Å². The summed E-state index contributed by atoms with van der Waals surface area (Å²) >= 11 is 0. The van der Waals surface area contributed by atoms with E-state index in [1.807, 2.05) is 0 Å². The van der Waals surface area contributed by atoms with Crippen molar-refractivity contribution in [2.75, 3.05) is 18.9 Å². The van der Waals surface area contributed by atoms with Crippen molar-refractivity contribution >= 4 is 23.2 Å². The first-order valence-electron chi connectivity index (χ1n) is 6.57. The Balaban J connectivity index is 2.15. The van der Waals surface area contributed by atoms with Crippen LogP contribution in [0.3, 0.4) is 0 Å². The summed E-state index contributed by atoms with van der Waals surface area (Å²) < 4.78 is 0. The van der Waals surface area contributed by atoms with Crippen LogP contribution in [-0.4, -0.2) is 36.4 Å². The van der Waals surface area contributed by atoms with Gasteiger partial charge in [0.05, 0.1) is 4.92 Å². The third-order valence-electron chi connectivity index (χ3n) is 3.32. The third kappa shape index (κ3) is 3.28. The van der Waals surface area contributed by atoms with Crippen LogP contribution in [0, 0.1) is 10.1 Å². The highest BCUT2D eigenvalue weighted by molar-refractivity contribution is 5.98. The number of nitrogens with one attached hydrogen (secondary N) is 3. The number of hydrogen-bond donors (Lipinski definition) is 3. The van der Waals surface area contributed by atoms with Gasteiger partial charge in [0, 0.05) is 25.2 Å². The molecule has 8 nitrogen and oxygen atoms in total. The van der Waals surface area contributed by atoms with Crippen LogP contribution >= 0.6 is 0 Å². The molecule has 8 heteroatoms. The van der Waals surface area contributed by atoms with Gasteiger partial charge in [-0.3, -0.25) is 19.7 Å².